The van der Waals surface area contributed by atoms with Gasteiger partial charge in [0.25, 0.3) is 0 Å². The van der Waals surface area contributed by atoms with Crippen molar-refractivity contribution >= 4 is 22.5 Å². The van der Waals surface area contributed by atoms with Crippen LogP contribution in [0.1, 0.15) is 6.92 Å². The maximum atomic E-state index is 5.78. The summed E-state index contributed by atoms with van der Waals surface area (Å²) in [5, 5.41) is 12.9. The van der Waals surface area contributed by atoms with E-state index in [1.54, 1.807) is 10.9 Å². The smallest absolute Gasteiger partial charge is 0.179 e. The van der Waals surface area contributed by atoms with Gasteiger partial charge in [-0.1, -0.05) is 11.6 Å². The van der Waals surface area contributed by atoms with Crippen molar-refractivity contribution in [3.05, 3.63) is 17.5 Å². The van der Waals surface area contributed by atoms with E-state index in [0.717, 1.165) is 11.9 Å². The van der Waals surface area contributed by atoms with Gasteiger partial charge in [-0.3, -0.25) is 4.68 Å². The van der Waals surface area contributed by atoms with Gasteiger partial charge < -0.3 is 0 Å². The molecule has 62 valence electrons. The zero-order valence-electron chi connectivity index (χ0n) is 6.53. The lowest BCUT2D eigenvalue weighted by Crippen LogP contribution is -1.92. The molecule has 0 radical (unpaired) electrons. The molecule has 0 bridgehead atoms. The molecule has 0 N–H and O–H groups in total. The van der Waals surface area contributed by atoms with E-state index in [-0.39, 0.29) is 0 Å². The molecule has 0 saturated heterocycles. The molecule has 0 saturated carbocycles. The normalized spacial score (nSPS) is 10.8. The number of hydrogen-bond acceptors (Lipinski definition) is 3. The van der Waals surface area contributed by atoms with E-state index in [0.29, 0.717) is 10.7 Å². The van der Waals surface area contributed by atoms with Crippen molar-refractivity contribution in [1.82, 2.24) is 20.0 Å². The van der Waals surface area contributed by atoms with Crippen LogP contribution in [0.2, 0.25) is 5.15 Å². The average Bonchev–Trinajstić information content (AvgIpc) is 2.49. The third-order valence-corrected chi connectivity index (χ3v) is 1.91. The summed E-state index contributed by atoms with van der Waals surface area (Å²) in [6.07, 6.45) is 3.55. The van der Waals surface area contributed by atoms with Crippen LogP contribution in [0, 0.1) is 0 Å². The Morgan fingerprint density at radius 1 is 1.58 bits per heavy atom. The molecule has 2 aromatic rings. The van der Waals surface area contributed by atoms with Gasteiger partial charge in [0.05, 0.1) is 6.20 Å². The highest BCUT2D eigenvalue weighted by Crippen LogP contribution is 2.17. The maximum absolute atomic E-state index is 5.78. The van der Waals surface area contributed by atoms with Crippen molar-refractivity contribution in [3.63, 3.8) is 0 Å². The number of halogens is 1. The lowest BCUT2D eigenvalue weighted by molar-refractivity contribution is 0.667. The summed E-state index contributed by atoms with van der Waals surface area (Å²) < 4.78 is 1.81. The molecular formula is C7H7ClN4. The molecule has 0 fully saturated rings. The van der Waals surface area contributed by atoms with Crippen molar-refractivity contribution in [1.29, 1.82) is 0 Å². The number of nitrogens with zero attached hydrogens (tertiary/aromatic N) is 4. The van der Waals surface area contributed by atoms with Gasteiger partial charge >= 0.3 is 0 Å². The third-order valence-electron chi connectivity index (χ3n) is 1.65. The SMILES string of the molecule is CCn1cc2cnnc(Cl)c2n1. The predicted molar refractivity (Wildman–Crippen MR) is 46.0 cm³/mol. The third kappa shape index (κ3) is 1.04. The second kappa shape index (κ2) is 2.71. The minimum Gasteiger partial charge on any atom is -0.272 e. The molecule has 12 heavy (non-hydrogen) atoms. The summed E-state index contributed by atoms with van der Waals surface area (Å²) in [4.78, 5) is 0. The van der Waals surface area contributed by atoms with E-state index >= 15 is 0 Å². The molecule has 2 rings (SSSR count). The average molecular weight is 183 g/mol. The van der Waals surface area contributed by atoms with Crippen LogP contribution in [0.3, 0.4) is 0 Å². The van der Waals surface area contributed by atoms with E-state index in [2.05, 4.69) is 15.3 Å². The monoisotopic (exact) mass is 182 g/mol. The summed E-state index contributed by atoms with van der Waals surface area (Å²) in [7, 11) is 0. The van der Waals surface area contributed by atoms with Crippen molar-refractivity contribution < 1.29 is 0 Å². The zero-order chi connectivity index (χ0) is 8.55. The Balaban J connectivity index is 2.74. The van der Waals surface area contributed by atoms with Crippen LogP contribution < -0.4 is 0 Å². The summed E-state index contributed by atoms with van der Waals surface area (Å²) in [5.41, 5.74) is 0.716. The topological polar surface area (TPSA) is 43.6 Å². The standard InChI is InChI=1S/C7H7ClN4/c1-2-12-4-5-3-9-10-7(8)6(5)11-12/h3-4H,2H2,1H3. The first-order chi connectivity index (χ1) is 5.81. The van der Waals surface area contributed by atoms with E-state index in [9.17, 15) is 0 Å². The van der Waals surface area contributed by atoms with Crippen molar-refractivity contribution in [3.8, 4) is 0 Å². The Kier molecular flexibility index (Phi) is 1.69. The maximum Gasteiger partial charge on any atom is 0.179 e. The molecule has 0 spiro atoms. The van der Waals surface area contributed by atoms with Crippen LogP contribution in [0.4, 0.5) is 0 Å². The first-order valence-electron chi connectivity index (χ1n) is 3.65. The van der Waals surface area contributed by atoms with Gasteiger partial charge in [-0.05, 0) is 6.92 Å². The minimum atomic E-state index is 0.361. The molecule has 4 nitrogen and oxygen atoms in total. The van der Waals surface area contributed by atoms with Crippen molar-refractivity contribution in [2.45, 2.75) is 13.5 Å². The molecule has 5 heteroatoms. The van der Waals surface area contributed by atoms with E-state index < -0.39 is 0 Å². The van der Waals surface area contributed by atoms with Crippen LogP contribution in [-0.2, 0) is 6.54 Å². The Hall–Kier alpha value is -1.16. The van der Waals surface area contributed by atoms with Crippen molar-refractivity contribution in [2.24, 2.45) is 0 Å². The van der Waals surface area contributed by atoms with Crippen LogP contribution in [0.5, 0.6) is 0 Å². The van der Waals surface area contributed by atoms with Gasteiger partial charge in [0.1, 0.15) is 5.52 Å². The predicted octanol–water partition coefficient (Wildman–Crippen LogP) is 1.50. The van der Waals surface area contributed by atoms with Gasteiger partial charge in [0.2, 0.25) is 0 Å². The lowest BCUT2D eigenvalue weighted by atomic mass is 10.4. The van der Waals surface area contributed by atoms with Crippen molar-refractivity contribution in [2.75, 3.05) is 0 Å². The molecule has 0 aliphatic carbocycles. The number of aryl methyl sites for hydroxylation is 1. The first kappa shape index (κ1) is 7.49. The van der Waals surface area contributed by atoms with E-state index in [4.69, 9.17) is 11.6 Å². The van der Waals surface area contributed by atoms with E-state index in [1.165, 1.54) is 0 Å². The molecule has 2 heterocycles. The fourth-order valence-electron chi connectivity index (χ4n) is 1.04. The van der Waals surface area contributed by atoms with Crippen LogP contribution in [0.25, 0.3) is 10.9 Å². The Labute approximate surface area is 74.2 Å². The number of rotatable bonds is 1. The lowest BCUT2D eigenvalue weighted by Gasteiger charge is -1.89. The van der Waals surface area contributed by atoms with Gasteiger partial charge in [0, 0.05) is 18.1 Å². The Bertz CT molecular complexity index is 409. The summed E-state index contributed by atoms with van der Waals surface area (Å²) >= 11 is 5.78. The molecule has 0 aliphatic rings. The van der Waals surface area contributed by atoms with Crippen LogP contribution in [-0.4, -0.2) is 20.0 Å². The molecular weight excluding hydrogens is 176 g/mol. The highest BCUT2D eigenvalue weighted by molar-refractivity contribution is 6.33. The Morgan fingerprint density at radius 2 is 2.42 bits per heavy atom. The summed E-state index contributed by atoms with van der Waals surface area (Å²) in [5.74, 6) is 0. The minimum absolute atomic E-state index is 0.361. The summed E-state index contributed by atoms with van der Waals surface area (Å²) in [6, 6.07) is 0. The molecule has 0 amide bonds. The molecule has 0 atom stereocenters. The highest BCUT2D eigenvalue weighted by atomic mass is 35.5. The largest absolute Gasteiger partial charge is 0.272 e. The first-order valence-corrected chi connectivity index (χ1v) is 4.03. The fraction of sp³-hybridized carbons (Fsp3) is 0.286. The highest BCUT2D eigenvalue weighted by Gasteiger charge is 2.04. The van der Waals surface area contributed by atoms with Gasteiger partial charge in [-0.25, -0.2) is 0 Å². The van der Waals surface area contributed by atoms with Crippen LogP contribution >= 0.6 is 11.6 Å². The number of aromatic nitrogens is 4. The van der Waals surface area contributed by atoms with Gasteiger partial charge in [0.15, 0.2) is 5.15 Å². The van der Waals surface area contributed by atoms with E-state index in [1.807, 2.05) is 13.1 Å². The second-order valence-electron chi connectivity index (χ2n) is 2.42. The van der Waals surface area contributed by atoms with Gasteiger partial charge in [-0.15, -0.1) is 5.10 Å². The second-order valence-corrected chi connectivity index (χ2v) is 2.78. The Morgan fingerprint density at radius 3 is 3.08 bits per heavy atom. The van der Waals surface area contributed by atoms with Gasteiger partial charge in [-0.2, -0.15) is 10.2 Å². The molecule has 2 aromatic heterocycles. The quantitative estimate of drug-likeness (QED) is 0.672. The summed E-state index contributed by atoms with van der Waals surface area (Å²) in [6.45, 7) is 2.84. The molecule has 0 aromatic carbocycles. The number of hydrogen-bond donors (Lipinski definition) is 0. The molecule has 0 aliphatic heterocycles. The molecule has 0 unspecified atom stereocenters. The van der Waals surface area contributed by atoms with Crippen LogP contribution in [0.15, 0.2) is 12.4 Å². The fourth-order valence-corrected chi connectivity index (χ4v) is 1.23. The zero-order valence-corrected chi connectivity index (χ0v) is 7.28. The number of fused-ring (bicyclic) bond motifs is 1.